The van der Waals surface area contributed by atoms with Crippen LogP contribution in [0.25, 0.3) is 0 Å². The van der Waals surface area contributed by atoms with Gasteiger partial charge in [0.25, 0.3) is 5.91 Å². The SMILES string of the molecule is O=C(N=C1S[C@@H]2CS(=O)(=O)C[C@H]2N1c1cccc(F)c1)[C@H]1CCCO1. The molecule has 0 spiro atoms. The minimum absolute atomic E-state index is 0.0195. The third kappa shape index (κ3) is 3.32. The van der Waals surface area contributed by atoms with Crippen molar-refractivity contribution in [3.05, 3.63) is 30.1 Å². The van der Waals surface area contributed by atoms with Gasteiger partial charge in [-0.2, -0.15) is 4.99 Å². The van der Waals surface area contributed by atoms with Gasteiger partial charge in [-0.3, -0.25) is 4.79 Å². The predicted octanol–water partition coefficient (Wildman–Crippen LogP) is 1.61. The number of hydrogen-bond donors (Lipinski definition) is 0. The number of thioether (sulfide) groups is 1. The number of amides is 1. The number of benzene rings is 1. The van der Waals surface area contributed by atoms with E-state index in [1.165, 1.54) is 23.9 Å². The van der Waals surface area contributed by atoms with E-state index in [-0.39, 0.29) is 28.7 Å². The number of ether oxygens (including phenoxy) is 1. The Labute approximate surface area is 149 Å². The summed E-state index contributed by atoms with van der Waals surface area (Å²) in [5.41, 5.74) is 0.510. The van der Waals surface area contributed by atoms with E-state index in [2.05, 4.69) is 4.99 Å². The van der Waals surface area contributed by atoms with Crippen LogP contribution in [0.4, 0.5) is 10.1 Å². The Morgan fingerprint density at radius 3 is 2.92 bits per heavy atom. The summed E-state index contributed by atoms with van der Waals surface area (Å²) in [5.74, 6) is -0.754. The molecular weight excluding hydrogens is 367 g/mol. The average molecular weight is 384 g/mol. The van der Waals surface area contributed by atoms with Gasteiger partial charge in [0.1, 0.15) is 11.9 Å². The molecule has 0 saturated carbocycles. The Morgan fingerprint density at radius 1 is 1.36 bits per heavy atom. The molecule has 1 aromatic carbocycles. The molecule has 0 aromatic heterocycles. The number of carbonyl (C=O) groups is 1. The molecule has 3 aliphatic rings. The number of amidine groups is 1. The van der Waals surface area contributed by atoms with Gasteiger partial charge >= 0.3 is 0 Å². The van der Waals surface area contributed by atoms with E-state index in [1.54, 1.807) is 17.0 Å². The second-order valence-corrected chi connectivity index (χ2v) is 9.74. The zero-order valence-electron chi connectivity index (χ0n) is 13.3. The van der Waals surface area contributed by atoms with E-state index < -0.39 is 21.8 Å². The van der Waals surface area contributed by atoms with Gasteiger partial charge in [0.05, 0.1) is 17.5 Å². The van der Waals surface area contributed by atoms with E-state index in [1.807, 2.05) is 0 Å². The van der Waals surface area contributed by atoms with Crippen molar-refractivity contribution in [2.45, 2.75) is 30.2 Å². The molecule has 3 heterocycles. The van der Waals surface area contributed by atoms with Crippen LogP contribution in [0.15, 0.2) is 29.3 Å². The molecule has 0 radical (unpaired) electrons. The van der Waals surface area contributed by atoms with Crippen molar-refractivity contribution in [3.8, 4) is 0 Å². The van der Waals surface area contributed by atoms with Gasteiger partial charge in [0.2, 0.25) is 0 Å². The molecule has 3 atom stereocenters. The Balaban J connectivity index is 1.69. The van der Waals surface area contributed by atoms with Crippen LogP contribution in [0.3, 0.4) is 0 Å². The number of aliphatic imine (C=N–C) groups is 1. The molecule has 1 aromatic rings. The van der Waals surface area contributed by atoms with Crippen molar-refractivity contribution in [3.63, 3.8) is 0 Å². The van der Waals surface area contributed by atoms with E-state index in [4.69, 9.17) is 4.74 Å². The predicted molar refractivity (Wildman–Crippen MR) is 94.1 cm³/mol. The zero-order valence-corrected chi connectivity index (χ0v) is 14.9. The number of hydrogen-bond acceptors (Lipinski definition) is 5. The normalized spacial score (nSPS) is 32.3. The van der Waals surface area contributed by atoms with Gasteiger partial charge in [-0.1, -0.05) is 17.8 Å². The molecule has 0 N–H and O–H groups in total. The van der Waals surface area contributed by atoms with Gasteiger partial charge in [-0.15, -0.1) is 0 Å². The van der Waals surface area contributed by atoms with E-state index >= 15 is 0 Å². The number of carbonyl (C=O) groups excluding carboxylic acids is 1. The van der Waals surface area contributed by atoms with Crippen LogP contribution in [-0.2, 0) is 19.4 Å². The molecule has 3 saturated heterocycles. The van der Waals surface area contributed by atoms with Gasteiger partial charge in [-0.25, -0.2) is 12.8 Å². The van der Waals surface area contributed by atoms with Crippen molar-refractivity contribution in [2.75, 3.05) is 23.0 Å². The van der Waals surface area contributed by atoms with Crippen LogP contribution in [0, 0.1) is 5.82 Å². The monoisotopic (exact) mass is 384 g/mol. The third-order valence-electron chi connectivity index (χ3n) is 4.56. The smallest absolute Gasteiger partial charge is 0.277 e. The van der Waals surface area contributed by atoms with Crippen LogP contribution in [0.5, 0.6) is 0 Å². The first-order valence-electron chi connectivity index (χ1n) is 8.09. The largest absolute Gasteiger partial charge is 0.368 e. The standard InChI is InChI=1S/C16H17FN2O4S2/c17-10-3-1-4-11(7-10)19-12-8-25(21,22)9-14(12)24-16(19)18-15(20)13-5-2-6-23-13/h1,3-4,7,12-14H,2,5-6,8-9H2/t12-,13-,14-/m1/s1. The molecular formula is C16H17FN2O4S2. The lowest BCUT2D eigenvalue weighted by Gasteiger charge is -2.24. The first-order valence-corrected chi connectivity index (χ1v) is 10.8. The van der Waals surface area contributed by atoms with E-state index in [9.17, 15) is 17.6 Å². The second kappa shape index (κ2) is 6.37. The van der Waals surface area contributed by atoms with Crippen molar-refractivity contribution < 1.29 is 22.3 Å². The quantitative estimate of drug-likeness (QED) is 0.771. The summed E-state index contributed by atoms with van der Waals surface area (Å²) in [6, 6.07) is 5.58. The van der Waals surface area contributed by atoms with Crippen LogP contribution in [-0.4, -0.2) is 55.0 Å². The molecule has 0 aliphatic carbocycles. The maximum atomic E-state index is 13.7. The number of sulfone groups is 1. The first-order chi connectivity index (χ1) is 11.9. The maximum Gasteiger partial charge on any atom is 0.277 e. The Kier molecular flexibility index (Phi) is 4.33. The minimum atomic E-state index is -3.14. The van der Waals surface area contributed by atoms with Gasteiger partial charge in [-0.05, 0) is 31.0 Å². The van der Waals surface area contributed by atoms with Gasteiger partial charge in [0.15, 0.2) is 15.0 Å². The summed E-state index contributed by atoms with van der Waals surface area (Å²) in [4.78, 5) is 18.2. The molecule has 9 heteroatoms. The minimum Gasteiger partial charge on any atom is -0.368 e. The number of halogens is 1. The van der Waals surface area contributed by atoms with Crippen LogP contribution in [0.1, 0.15) is 12.8 Å². The summed E-state index contributed by atoms with van der Waals surface area (Å²) >= 11 is 1.28. The highest BCUT2D eigenvalue weighted by molar-refractivity contribution is 8.16. The lowest BCUT2D eigenvalue weighted by atomic mass is 10.2. The fourth-order valence-electron chi connectivity index (χ4n) is 3.43. The van der Waals surface area contributed by atoms with Crippen molar-refractivity contribution in [1.82, 2.24) is 0 Å². The maximum absolute atomic E-state index is 13.7. The topological polar surface area (TPSA) is 76.0 Å². The lowest BCUT2D eigenvalue weighted by Crippen LogP contribution is -2.38. The van der Waals surface area contributed by atoms with Crippen molar-refractivity contribution in [2.24, 2.45) is 4.99 Å². The van der Waals surface area contributed by atoms with Gasteiger partial charge < -0.3 is 9.64 Å². The Morgan fingerprint density at radius 2 is 2.20 bits per heavy atom. The molecule has 1 amide bonds. The Bertz CT molecular complexity index is 836. The fourth-order valence-corrected chi connectivity index (χ4v) is 7.35. The van der Waals surface area contributed by atoms with Crippen molar-refractivity contribution in [1.29, 1.82) is 0 Å². The Hall–Kier alpha value is -1.45. The summed E-state index contributed by atoms with van der Waals surface area (Å²) in [6.07, 6.45) is 0.930. The molecule has 4 rings (SSSR count). The summed E-state index contributed by atoms with van der Waals surface area (Å²) in [6.45, 7) is 0.547. The summed E-state index contributed by atoms with van der Waals surface area (Å²) in [7, 11) is -3.14. The van der Waals surface area contributed by atoms with Crippen LogP contribution < -0.4 is 4.90 Å². The molecule has 25 heavy (non-hydrogen) atoms. The number of fused-ring (bicyclic) bond motifs is 1. The highest BCUT2D eigenvalue weighted by atomic mass is 32.2. The summed E-state index contributed by atoms with van der Waals surface area (Å²) < 4.78 is 43.0. The highest BCUT2D eigenvalue weighted by Crippen LogP contribution is 2.41. The van der Waals surface area contributed by atoms with E-state index in [0.717, 1.165) is 6.42 Å². The van der Waals surface area contributed by atoms with Gasteiger partial charge in [0, 0.05) is 17.5 Å². The van der Waals surface area contributed by atoms with Crippen LogP contribution >= 0.6 is 11.8 Å². The number of nitrogens with zero attached hydrogens (tertiary/aromatic N) is 2. The van der Waals surface area contributed by atoms with E-state index in [0.29, 0.717) is 23.9 Å². The molecule has 0 bridgehead atoms. The zero-order chi connectivity index (χ0) is 17.6. The average Bonchev–Trinajstić information content (AvgIpc) is 3.21. The fraction of sp³-hybridized carbons (Fsp3) is 0.500. The second-order valence-electron chi connectivity index (χ2n) is 6.38. The molecule has 0 unspecified atom stereocenters. The number of rotatable bonds is 2. The van der Waals surface area contributed by atoms with Crippen molar-refractivity contribution >= 4 is 38.4 Å². The molecule has 6 nitrogen and oxygen atoms in total. The first kappa shape index (κ1) is 17.0. The number of anilines is 1. The lowest BCUT2D eigenvalue weighted by molar-refractivity contribution is -0.126. The third-order valence-corrected chi connectivity index (χ3v) is 7.77. The van der Waals surface area contributed by atoms with Crippen LogP contribution in [0.2, 0.25) is 0 Å². The molecule has 134 valence electrons. The molecule has 3 aliphatic heterocycles. The highest BCUT2D eigenvalue weighted by Gasteiger charge is 2.49. The molecule has 3 fully saturated rings. The summed E-state index contributed by atoms with van der Waals surface area (Å²) in [5, 5.41) is 0.223.